The van der Waals surface area contributed by atoms with Gasteiger partial charge in [-0.1, -0.05) is 30.3 Å². The average Bonchev–Trinajstić information content (AvgIpc) is 2.59. The van der Waals surface area contributed by atoms with Crippen molar-refractivity contribution in [2.75, 3.05) is 37.7 Å². The van der Waals surface area contributed by atoms with Gasteiger partial charge in [0.1, 0.15) is 12.4 Å². The van der Waals surface area contributed by atoms with Crippen LogP contribution in [0, 0.1) is 12.7 Å². The Morgan fingerprint density at radius 3 is 2.39 bits per heavy atom. The van der Waals surface area contributed by atoms with E-state index in [9.17, 15) is 17.6 Å². The van der Waals surface area contributed by atoms with Gasteiger partial charge >= 0.3 is 0 Å². The normalized spacial score (nSPS) is 12.6. The third kappa shape index (κ3) is 5.77. The van der Waals surface area contributed by atoms with Crippen LogP contribution in [0.1, 0.15) is 17.2 Å². The molecule has 1 atom stereocenters. The highest BCUT2D eigenvalue weighted by atomic mass is 32.2. The number of hydrogen-bond acceptors (Lipinski definition) is 4. The molecular formula is C20H26FN3O3S. The van der Waals surface area contributed by atoms with Gasteiger partial charge in [0.05, 0.1) is 18.0 Å². The second-order valence-corrected chi connectivity index (χ2v) is 8.80. The van der Waals surface area contributed by atoms with Crippen molar-refractivity contribution in [3.63, 3.8) is 0 Å². The van der Waals surface area contributed by atoms with E-state index in [1.165, 1.54) is 12.1 Å². The first-order chi connectivity index (χ1) is 13.1. The number of benzene rings is 2. The van der Waals surface area contributed by atoms with Crippen LogP contribution in [0.4, 0.5) is 10.1 Å². The second-order valence-electron chi connectivity index (χ2n) is 6.89. The SMILES string of the molecule is Cc1ccccc1N(CC(=O)NC[C@H](c1cccc(F)c1)N(C)C)S(C)(=O)=O. The molecule has 0 aliphatic heterocycles. The Morgan fingerprint density at radius 1 is 1.14 bits per heavy atom. The first-order valence-corrected chi connectivity index (χ1v) is 10.7. The van der Waals surface area contributed by atoms with E-state index in [0.717, 1.165) is 21.7 Å². The zero-order valence-corrected chi connectivity index (χ0v) is 17.3. The summed E-state index contributed by atoms with van der Waals surface area (Å²) in [5.41, 5.74) is 1.95. The average molecular weight is 408 g/mol. The van der Waals surface area contributed by atoms with Crippen LogP contribution >= 0.6 is 0 Å². The van der Waals surface area contributed by atoms with Crippen molar-refractivity contribution in [2.45, 2.75) is 13.0 Å². The van der Waals surface area contributed by atoms with Crippen molar-refractivity contribution in [2.24, 2.45) is 0 Å². The summed E-state index contributed by atoms with van der Waals surface area (Å²) in [4.78, 5) is 14.4. The minimum atomic E-state index is -3.64. The van der Waals surface area contributed by atoms with Gasteiger partial charge in [0.25, 0.3) is 0 Å². The molecule has 0 bridgehead atoms. The lowest BCUT2D eigenvalue weighted by molar-refractivity contribution is -0.119. The second kappa shape index (κ2) is 9.16. The van der Waals surface area contributed by atoms with Gasteiger partial charge in [-0.25, -0.2) is 12.8 Å². The highest BCUT2D eigenvalue weighted by Gasteiger charge is 2.23. The number of halogens is 1. The Kier molecular flexibility index (Phi) is 7.15. The van der Waals surface area contributed by atoms with Gasteiger partial charge in [-0.3, -0.25) is 9.10 Å². The Balaban J connectivity index is 2.13. The van der Waals surface area contributed by atoms with Crippen molar-refractivity contribution >= 4 is 21.6 Å². The molecule has 0 spiro atoms. The quantitative estimate of drug-likeness (QED) is 0.729. The number of carbonyl (C=O) groups excluding carboxylic acids is 1. The first kappa shape index (κ1) is 21.8. The molecule has 1 N–H and O–H groups in total. The number of amides is 1. The van der Waals surface area contributed by atoms with Crippen molar-refractivity contribution in [3.8, 4) is 0 Å². The number of rotatable bonds is 8. The molecule has 0 saturated heterocycles. The molecule has 0 fully saturated rings. The molecule has 2 aromatic rings. The summed E-state index contributed by atoms with van der Waals surface area (Å²) in [5.74, 6) is -0.782. The lowest BCUT2D eigenvalue weighted by Crippen LogP contribution is -2.43. The van der Waals surface area contributed by atoms with Gasteiger partial charge in [0.2, 0.25) is 15.9 Å². The van der Waals surface area contributed by atoms with Gasteiger partial charge in [-0.15, -0.1) is 0 Å². The number of nitrogens with zero attached hydrogens (tertiary/aromatic N) is 2. The number of para-hydroxylation sites is 1. The number of carbonyl (C=O) groups is 1. The van der Waals surface area contributed by atoms with E-state index in [2.05, 4.69) is 5.32 Å². The predicted octanol–water partition coefficient (Wildman–Crippen LogP) is 2.32. The molecule has 1 amide bonds. The highest BCUT2D eigenvalue weighted by Crippen LogP contribution is 2.22. The lowest BCUT2D eigenvalue weighted by Gasteiger charge is -2.27. The molecule has 0 aromatic heterocycles. The molecule has 2 aromatic carbocycles. The molecule has 0 heterocycles. The monoisotopic (exact) mass is 407 g/mol. The Morgan fingerprint density at radius 2 is 1.82 bits per heavy atom. The van der Waals surface area contributed by atoms with E-state index >= 15 is 0 Å². The van der Waals surface area contributed by atoms with Gasteiger partial charge in [0.15, 0.2) is 0 Å². The van der Waals surface area contributed by atoms with Crippen LogP contribution in [0.5, 0.6) is 0 Å². The third-order valence-electron chi connectivity index (χ3n) is 4.42. The third-order valence-corrected chi connectivity index (χ3v) is 5.55. The molecule has 0 aliphatic rings. The topological polar surface area (TPSA) is 69.7 Å². The minimum absolute atomic E-state index is 0.223. The number of hydrogen-bond donors (Lipinski definition) is 1. The first-order valence-electron chi connectivity index (χ1n) is 8.81. The maximum Gasteiger partial charge on any atom is 0.240 e. The van der Waals surface area contributed by atoms with Gasteiger partial charge in [0, 0.05) is 6.54 Å². The zero-order chi connectivity index (χ0) is 20.9. The Hall–Kier alpha value is -2.45. The fraction of sp³-hybridized carbons (Fsp3) is 0.350. The van der Waals surface area contributed by atoms with Crippen molar-refractivity contribution in [3.05, 3.63) is 65.5 Å². The lowest BCUT2D eigenvalue weighted by atomic mass is 10.1. The summed E-state index contributed by atoms with van der Waals surface area (Å²) in [6, 6.07) is 12.9. The molecule has 0 saturated carbocycles. The molecule has 152 valence electrons. The van der Waals surface area contributed by atoms with Crippen LogP contribution in [0.15, 0.2) is 48.5 Å². The number of aryl methyl sites for hydroxylation is 1. The summed E-state index contributed by atoms with van der Waals surface area (Å²) < 4.78 is 39.1. The van der Waals surface area contributed by atoms with Crippen LogP contribution in [-0.4, -0.2) is 52.7 Å². The zero-order valence-electron chi connectivity index (χ0n) is 16.5. The van der Waals surface area contributed by atoms with Crippen LogP contribution in [0.25, 0.3) is 0 Å². The van der Waals surface area contributed by atoms with Crippen LogP contribution in [0.3, 0.4) is 0 Å². The molecule has 8 heteroatoms. The van der Waals surface area contributed by atoms with E-state index < -0.39 is 15.9 Å². The summed E-state index contributed by atoms with van der Waals surface area (Å²) in [7, 11) is 0.0267. The minimum Gasteiger partial charge on any atom is -0.353 e. The molecule has 0 aliphatic carbocycles. The van der Waals surface area contributed by atoms with Gasteiger partial charge in [-0.2, -0.15) is 0 Å². The van der Waals surface area contributed by atoms with Crippen LogP contribution < -0.4 is 9.62 Å². The standard InChI is InChI=1S/C20H26FN3O3S/c1-15-8-5-6-11-18(15)24(28(4,26)27)14-20(25)22-13-19(23(2)3)16-9-7-10-17(21)12-16/h5-12,19H,13-14H2,1-4H3,(H,22,25)/t19-/m1/s1. The molecule has 0 unspecified atom stereocenters. The van der Waals surface area contributed by atoms with E-state index in [-0.39, 0.29) is 24.9 Å². The number of anilines is 1. The fourth-order valence-electron chi connectivity index (χ4n) is 2.93. The predicted molar refractivity (Wildman–Crippen MR) is 109 cm³/mol. The smallest absolute Gasteiger partial charge is 0.240 e. The van der Waals surface area contributed by atoms with Crippen molar-refractivity contribution < 1.29 is 17.6 Å². The van der Waals surface area contributed by atoms with Crippen LogP contribution in [0.2, 0.25) is 0 Å². The summed E-state index contributed by atoms with van der Waals surface area (Å²) in [6.45, 7) is 1.69. The van der Waals surface area contributed by atoms with Gasteiger partial charge in [-0.05, 0) is 50.3 Å². The molecule has 2 rings (SSSR count). The summed E-state index contributed by atoms with van der Waals surface area (Å²) in [6.07, 6.45) is 1.07. The molecule has 6 nitrogen and oxygen atoms in total. The van der Waals surface area contributed by atoms with Crippen molar-refractivity contribution in [1.82, 2.24) is 10.2 Å². The van der Waals surface area contributed by atoms with Crippen molar-refractivity contribution in [1.29, 1.82) is 0 Å². The fourth-order valence-corrected chi connectivity index (χ4v) is 3.85. The Bertz CT molecular complexity index is 932. The van der Waals surface area contributed by atoms with E-state index in [1.807, 2.05) is 19.0 Å². The van der Waals surface area contributed by atoms with Crippen LogP contribution in [-0.2, 0) is 14.8 Å². The largest absolute Gasteiger partial charge is 0.353 e. The number of likely N-dealkylation sites (N-methyl/N-ethyl adjacent to an activating group) is 1. The molecular weight excluding hydrogens is 381 g/mol. The number of sulfonamides is 1. The summed E-state index contributed by atoms with van der Waals surface area (Å²) in [5, 5.41) is 2.76. The van der Waals surface area contributed by atoms with E-state index in [0.29, 0.717) is 5.69 Å². The van der Waals surface area contributed by atoms with E-state index in [1.54, 1.807) is 43.3 Å². The maximum absolute atomic E-state index is 13.5. The molecule has 28 heavy (non-hydrogen) atoms. The Labute approximate surface area is 166 Å². The highest BCUT2D eigenvalue weighted by molar-refractivity contribution is 7.92. The maximum atomic E-state index is 13.5. The summed E-state index contributed by atoms with van der Waals surface area (Å²) >= 11 is 0. The van der Waals surface area contributed by atoms with Gasteiger partial charge < -0.3 is 10.2 Å². The van der Waals surface area contributed by atoms with E-state index in [4.69, 9.17) is 0 Å². The number of nitrogens with one attached hydrogen (secondary N) is 1. The molecule has 0 radical (unpaired) electrons.